The number of carboxylic acids is 1. The van der Waals surface area contributed by atoms with E-state index in [4.69, 9.17) is 0 Å². The Morgan fingerprint density at radius 1 is 1.29 bits per heavy atom. The summed E-state index contributed by atoms with van der Waals surface area (Å²) in [5.74, 6) is -0.990. The molecule has 1 aromatic carbocycles. The molecule has 2 atom stereocenters. The number of aliphatic carboxylic acids is 1. The first-order valence-corrected chi connectivity index (χ1v) is 8.51. The minimum absolute atomic E-state index is 0.00764. The lowest BCUT2D eigenvalue weighted by Crippen LogP contribution is -2.41. The summed E-state index contributed by atoms with van der Waals surface area (Å²) in [5, 5.41) is 9.44. The summed E-state index contributed by atoms with van der Waals surface area (Å²) in [5.41, 5.74) is 4.55. The van der Waals surface area contributed by atoms with Gasteiger partial charge in [-0.15, -0.1) is 0 Å². The molecular weight excluding hydrogens is 300 g/mol. The van der Waals surface area contributed by atoms with Gasteiger partial charge in [0.2, 0.25) is 0 Å². The van der Waals surface area contributed by atoms with Crippen molar-refractivity contribution in [3.05, 3.63) is 65.0 Å². The lowest BCUT2D eigenvalue weighted by atomic mass is 9.91. The van der Waals surface area contributed by atoms with Crippen LogP contribution in [0.25, 0.3) is 0 Å². The Morgan fingerprint density at radius 2 is 2.12 bits per heavy atom. The van der Waals surface area contributed by atoms with E-state index in [1.54, 1.807) is 0 Å². The minimum Gasteiger partial charge on any atom is -0.481 e. The van der Waals surface area contributed by atoms with Crippen molar-refractivity contribution in [2.45, 2.75) is 32.7 Å². The van der Waals surface area contributed by atoms with Gasteiger partial charge in [-0.05, 0) is 50.4 Å². The average Bonchev–Trinajstić information content (AvgIpc) is 2.57. The van der Waals surface area contributed by atoms with Crippen LogP contribution in [0.3, 0.4) is 0 Å². The maximum Gasteiger partial charge on any atom is 0.307 e. The fourth-order valence-corrected chi connectivity index (χ4v) is 3.61. The molecule has 4 heteroatoms. The third-order valence-electron chi connectivity index (χ3n) is 4.83. The second-order valence-corrected chi connectivity index (χ2v) is 6.69. The molecule has 24 heavy (non-hydrogen) atoms. The summed E-state index contributed by atoms with van der Waals surface area (Å²) in [6.45, 7) is 5.63. The fraction of sp³-hybridized carbons (Fsp3) is 0.400. The van der Waals surface area contributed by atoms with Crippen molar-refractivity contribution >= 4 is 5.97 Å². The number of likely N-dealkylation sites (tertiary alicyclic amines) is 1. The fourth-order valence-electron chi connectivity index (χ4n) is 3.61. The van der Waals surface area contributed by atoms with Gasteiger partial charge in [0.05, 0.1) is 17.7 Å². The molecule has 2 unspecified atom stereocenters. The first kappa shape index (κ1) is 16.7. The molecule has 1 N–H and O–H groups in total. The van der Waals surface area contributed by atoms with Gasteiger partial charge in [-0.1, -0.05) is 35.9 Å². The second-order valence-electron chi connectivity index (χ2n) is 6.69. The average molecular weight is 324 g/mol. The number of carboxylic acid groups (broad SMARTS) is 1. The maximum atomic E-state index is 11.5. The molecule has 0 radical (unpaired) electrons. The molecule has 1 fully saturated rings. The predicted octanol–water partition coefficient (Wildman–Crippen LogP) is 3.58. The minimum atomic E-state index is -0.694. The van der Waals surface area contributed by atoms with Crippen LogP contribution < -0.4 is 0 Å². The van der Waals surface area contributed by atoms with Crippen molar-refractivity contribution in [3.63, 3.8) is 0 Å². The van der Waals surface area contributed by atoms with Crippen LogP contribution in [0.5, 0.6) is 0 Å². The van der Waals surface area contributed by atoms with Crippen molar-refractivity contribution in [1.82, 2.24) is 9.88 Å². The zero-order valence-electron chi connectivity index (χ0n) is 14.3. The van der Waals surface area contributed by atoms with Crippen LogP contribution in [0.15, 0.2) is 42.6 Å². The number of aryl methyl sites for hydroxylation is 2. The van der Waals surface area contributed by atoms with Crippen molar-refractivity contribution in [2.24, 2.45) is 5.92 Å². The molecule has 1 aliphatic heterocycles. The second kappa shape index (κ2) is 7.14. The summed E-state index contributed by atoms with van der Waals surface area (Å²) in [6, 6.07) is 12.5. The van der Waals surface area contributed by atoms with E-state index in [1.807, 2.05) is 12.3 Å². The van der Waals surface area contributed by atoms with E-state index < -0.39 is 5.97 Å². The number of hydrogen-bond donors (Lipinski definition) is 1. The van der Waals surface area contributed by atoms with E-state index in [-0.39, 0.29) is 12.0 Å². The Labute approximate surface area is 143 Å². The van der Waals surface area contributed by atoms with Gasteiger partial charge in [0.25, 0.3) is 0 Å². The number of benzene rings is 1. The van der Waals surface area contributed by atoms with Gasteiger partial charge in [-0.3, -0.25) is 14.7 Å². The summed E-state index contributed by atoms with van der Waals surface area (Å²) < 4.78 is 0. The number of aromatic nitrogens is 1. The van der Waals surface area contributed by atoms with E-state index in [1.165, 1.54) is 11.1 Å². The third-order valence-corrected chi connectivity index (χ3v) is 4.83. The Bertz CT molecular complexity index is 729. The Balaban J connectivity index is 2.02. The lowest BCUT2D eigenvalue weighted by Gasteiger charge is -2.37. The Morgan fingerprint density at radius 3 is 2.83 bits per heavy atom. The highest BCUT2D eigenvalue weighted by atomic mass is 16.4. The van der Waals surface area contributed by atoms with Crippen molar-refractivity contribution in [3.8, 4) is 0 Å². The monoisotopic (exact) mass is 324 g/mol. The smallest absolute Gasteiger partial charge is 0.307 e. The molecule has 2 heterocycles. The van der Waals surface area contributed by atoms with E-state index in [0.717, 1.165) is 30.6 Å². The molecule has 126 valence electrons. The van der Waals surface area contributed by atoms with Gasteiger partial charge in [0.15, 0.2) is 0 Å². The Kier molecular flexibility index (Phi) is 4.95. The molecule has 3 rings (SSSR count). The van der Waals surface area contributed by atoms with Gasteiger partial charge in [-0.2, -0.15) is 0 Å². The van der Waals surface area contributed by atoms with Crippen LogP contribution in [-0.4, -0.2) is 34.0 Å². The molecule has 1 aliphatic rings. The van der Waals surface area contributed by atoms with Crippen LogP contribution in [0.4, 0.5) is 0 Å². The van der Waals surface area contributed by atoms with Crippen LogP contribution in [0.1, 0.15) is 41.3 Å². The van der Waals surface area contributed by atoms with Crippen molar-refractivity contribution < 1.29 is 9.90 Å². The molecule has 0 aliphatic carbocycles. The molecule has 4 nitrogen and oxygen atoms in total. The van der Waals surface area contributed by atoms with Gasteiger partial charge >= 0.3 is 5.97 Å². The number of hydrogen-bond acceptors (Lipinski definition) is 3. The van der Waals surface area contributed by atoms with Crippen LogP contribution in [0, 0.1) is 19.8 Å². The summed E-state index contributed by atoms with van der Waals surface area (Å²) in [7, 11) is 0. The van der Waals surface area contributed by atoms with E-state index >= 15 is 0 Å². The zero-order valence-corrected chi connectivity index (χ0v) is 14.3. The molecule has 1 aromatic heterocycles. The first-order valence-electron chi connectivity index (χ1n) is 8.51. The number of nitrogens with zero attached hydrogens (tertiary/aromatic N) is 2. The topological polar surface area (TPSA) is 53.4 Å². The van der Waals surface area contributed by atoms with Crippen LogP contribution in [0.2, 0.25) is 0 Å². The highest BCUT2D eigenvalue weighted by Crippen LogP contribution is 2.33. The third kappa shape index (κ3) is 3.49. The number of piperidine rings is 1. The summed E-state index contributed by atoms with van der Waals surface area (Å²) in [6.07, 6.45) is 3.49. The highest BCUT2D eigenvalue weighted by Gasteiger charge is 2.32. The molecular formula is C20H24N2O2. The molecule has 0 amide bonds. The number of pyridine rings is 1. The van der Waals surface area contributed by atoms with Crippen molar-refractivity contribution in [2.75, 3.05) is 13.1 Å². The van der Waals surface area contributed by atoms with E-state index in [2.05, 4.69) is 54.1 Å². The normalized spacial score (nSPS) is 19.8. The van der Waals surface area contributed by atoms with E-state index in [9.17, 15) is 9.90 Å². The summed E-state index contributed by atoms with van der Waals surface area (Å²) in [4.78, 5) is 18.4. The van der Waals surface area contributed by atoms with Gasteiger partial charge in [-0.25, -0.2) is 0 Å². The van der Waals surface area contributed by atoms with Crippen LogP contribution in [-0.2, 0) is 4.79 Å². The largest absolute Gasteiger partial charge is 0.481 e. The highest BCUT2D eigenvalue weighted by molar-refractivity contribution is 5.70. The van der Waals surface area contributed by atoms with Crippen molar-refractivity contribution in [1.29, 1.82) is 0 Å². The first-order chi connectivity index (χ1) is 11.6. The van der Waals surface area contributed by atoms with Gasteiger partial charge < -0.3 is 5.11 Å². The SMILES string of the molecule is Cc1cccc(C(c2ncccc2C)N2CCCC(C(=O)O)C2)c1. The van der Waals surface area contributed by atoms with Crippen LogP contribution >= 0.6 is 0 Å². The molecule has 0 spiro atoms. The molecule has 0 saturated carbocycles. The number of rotatable bonds is 4. The van der Waals surface area contributed by atoms with Gasteiger partial charge in [0, 0.05) is 12.7 Å². The lowest BCUT2D eigenvalue weighted by molar-refractivity contribution is -0.143. The zero-order chi connectivity index (χ0) is 17.1. The summed E-state index contributed by atoms with van der Waals surface area (Å²) >= 11 is 0. The molecule has 0 bridgehead atoms. The molecule has 2 aromatic rings. The molecule has 1 saturated heterocycles. The van der Waals surface area contributed by atoms with E-state index in [0.29, 0.717) is 6.54 Å². The maximum absolute atomic E-state index is 11.5. The Hall–Kier alpha value is -2.20. The predicted molar refractivity (Wildman–Crippen MR) is 93.9 cm³/mol. The number of carbonyl (C=O) groups is 1. The van der Waals surface area contributed by atoms with Gasteiger partial charge in [0.1, 0.15) is 0 Å². The standard InChI is InChI=1S/C20H24N2O2/c1-14-6-3-8-16(12-14)19(18-15(2)7-4-10-21-18)22-11-5-9-17(13-22)20(23)24/h3-4,6-8,10,12,17,19H,5,9,11,13H2,1-2H3,(H,23,24). The quantitative estimate of drug-likeness (QED) is 0.934.